The van der Waals surface area contributed by atoms with Crippen molar-refractivity contribution in [2.75, 3.05) is 0 Å². The minimum Gasteiger partial charge on any atom is -0.305 e. The first-order valence-corrected chi connectivity index (χ1v) is 7.64. The molecule has 2 nitrogen and oxygen atoms in total. The molecule has 0 spiro atoms. The van der Waals surface area contributed by atoms with E-state index in [1.165, 1.54) is 0 Å². The lowest BCUT2D eigenvalue weighted by Crippen LogP contribution is -2.16. The first kappa shape index (κ1) is 15.9. The van der Waals surface area contributed by atoms with Crippen LogP contribution >= 0.6 is 23.2 Å². The molecule has 0 fully saturated rings. The molecule has 0 aliphatic carbocycles. The van der Waals surface area contributed by atoms with E-state index in [2.05, 4.69) is 36.5 Å². The van der Waals surface area contributed by atoms with Crippen molar-refractivity contribution in [3.8, 4) is 0 Å². The van der Waals surface area contributed by atoms with E-state index in [1.54, 1.807) is 0 Å². The SMILES string of the molecule is CC(C)/C(=N\NCc1c(Cl)cccc1Cl)c1ccccc1. The molecule has 4 heteroatoms. The number of benzene rings is 2. The van der Waals surface area contributed by atoms with Crippen molar-refractivity contribution >= 4 is 28.9 Å². The lowest BCUT2D eigenvalue weighted by Gasteiger charge is -2.12. The maximum Gasteiger partial charge on any atom is 0.0700 e. The van der Waals surface area contributed by atoms with Crippen LogP contribution in [0.5, 0.6) is 0 Å². The molecule has 0 atom stereocenters. The van der Waals surface area contributed by atoms with Gasteiger partial charge in [0, 0.05) is 15.6 Å². The van der Waals surface area contributed by atoms with Crippen LogP contribution in [-0.2, 0) is 6.54 Å². The van der Waals surface area contributed by atoms with E-state index in [4.69, 9.17) is 23.2 Å². The van der Waals surface area contributed by atoms with Crippen molar-refractivity contribution in [1.82, 2.24) is 5.43 Å². The van der Waals surface area contributed by atoms with Crippen molar-refractivity contribution in [3.05, 3.63) is 69.7 Å². The van der Waals surface area contributed by atoms with E-state index in [0.29, 0.717) is 22.5 Å². The Labute approximate surface area is 135 Å². The molecule has 110 valence electrons. The number of halogens is 2. The van der Waals surface area contributed by atoms with Crippen molar-refractivity contribution < 1.29 is 0 Å². The fourth-order valence-corrected chi connectivity index (χ4v) is 2.57. The molecule has 0 aromatic heterocycles. The van der Waals surface area contributed by atoms with Gasteiger partial charge in [-0.1, -0.05) is 73.4 Å². The molecule has 0 saturated carbocycles. The number of hydrogen-bond acceptors (Lipinski definition) is 2. The van der Waals surface area contributed by atoms with Gasteiger partial charge in [-0.05, 0) is 23.6 Å². The summed E-state index contributed by atoms with van der Waals surface area (Å²) in [6, 6.07) is 15.6. The molecule has 0 saturated heterocycles. The van der Waals surface area contributed by atoms with Crippen LogP contribution in [0.2, 0.25) is 10.0 Å². The topological polar surface area (TPSA) is 24.4 Å². The van der Waals surface area contributed by atoms with Gasteiger partial charge >= 0.3 is 0 Å². The highest BCUT2D eigenvalue weighted by Gasteiger charge is 2.09. The predicted molar refractivity (Wildman–Crippen MR) is 91.1 cm³/mol. The van der Waals surface area contributed by atoms with Crippen LogP contribution in [0.25, 0.3) is 0 Å². The van der Waals surface area contributed by atoms with Crippen molar-refractivity contribution in [2.45, 2.75) is 20.4 Å². The molecule has 2 aromatic carbocycles. The highest BCUT2D eigenvalue weighted by atomic mass is 35.5. The molecule has 2 rings (SSSR count). The quantitative estimate of drug-likeness (QED) is 0.598. The van der Waals surface area contributed by atoms with Gasteiger partial charge in [-0.25, -0.2) is 0 Å². The Morgan fingerprint density at radius 3 is 2.19 bits per heavy atom. The summed E-state index contributed by atoms with van der Waals surface area (Å²) in [4.78, 5) is 0. The molecule has 2 aromatic rings. The molecule has 1 N–H and O–H groups in total. The smallest absolute Gasteiger partial charge is 0.0700 e. The van der Waals surface area contributed by atoms with Gasteiger partial charge in [0.15, 0.2) is 0 Å². The molecule has 0 bridgehead atoms. The zero-order valence-corrected chi connectivity index (χ0v) is 13.6. The van der Waals surface area contributed by atoms with E-state index in [-0.39, 0.29) is 0 Å². The fourth-order valence-electron chi connectivity index (χ4n) is 2.04. The minimum atomic E-state index is 0.321. The lowest BCUT2D eigenvalue weighted by molar-refractivity contribution is 0.727. The summed E-state index contributed by atoms with van der Waals surface area (Å²) in [6.45, 7) is 4.74. The normalized spacial score (nSPS) is 11.8. The second-order valence-corrected chi connectivity index (χ2v) is 5.87. The molecule has 0 unspecified atom stereocenters. The highest BCUT2D eigenvalue weighted by Crippen LogP contribution is 2.23. The summed E-state index contributed by atoms with van der Waals surface area (Å²) in [5.41, 5.74) is 6.07. The van der Waals surface area contributed by atoms with Crippen molar-refractivity contribution in [2.24, 2.45) is 11.0 Å². The molecule has 0 amide bonds. The molecular formula is C17H18Cl2N2. The first-order valence-electron chi connectivity index (χ1n) is 6.88. The summed E-state index contributed by atoms with van der Waals surface area (Å²) in [6.07, 6.45) is 0. The molecule has 0 aliphatic rings. The average Bonchev–Trinajstić information content (AvgIpc) is 2.46. The second kappa shape index (κ2) is 7.48. The van der Waals surface area contributed by atoms with Gasteiger partial charge in [-0.15, -0.1) is 0 Å². The maximum absolute atomic E-state index is 6.15. The summed E-state index contributed by atoms with van der Waals surface area (Å²) in [5.74, 6) is 0.321. The number of rotatable bonds is 5. The molecular weight excluding hydrogens is 303 g/mol. The molecule has 0 aliphatic heterocycles. The van der Waals surface area contributed by atoms with Gasteiger partial charge < -0.3 is 5.43 Å². The third-order valence-electron chi connectivity index (χ3n) is 3.13. The van der Waals surface area contributed by atoms with Crippen LogP contribution in [0, 0.1) is 5.92 Å². The third-order valence-corrected chi connectivity index (χ3v) is 3.84. The Hall–Kier alpha value is -1.51. The van der Waals surface area contributed by atoms with E-state index in [0.717, 1.165) is 16.8 Å². The Bertz CT molecular complexity index is 602. The summed E-state index contributed by atoms with van der Waals surface area (Å²) in [7, 11) is 0. The van der Waals surface area contributed by atoms with Gasteiger partial charge in [0.25, 0.3) is 0 Å². The molecule has 21 heavy (non-hydrogen) atoms. The lowest BCUT2D eigenvalue weighted by atomic mass is 10.0. The van der Waals surface area contributed by atoms with Crippen molar-refractivity contribution in [3.63, 3.8) is 0 Å². The van der Waals surface area contributed by atoms with Gasteiger partial charge in [-0.2, -0.15) is 5.10 Å². The Morgan fingerprint density at radius 1 is 1.00 bits per heavy atom. The van der Waals surface area contributed by atoms with Gasteiger partial charge in [-0.3, -0.25) is 0 Å². The van der Waals surface area contributed by atoms with Gasteiger partial charge in [0.1, 0.15) is 0 Å². The molecule has 0 radical (unpaired) electrons. The van der Waals surface area contributed by atoms with Crippen molar-refractivity contribution in [1.29, 1.82) is 0 Å². The zero-order valence-electron chi connectivity index (χ0n) is 12.1. The van der Waals surface area contributed by atoms with E-state index in [9.17, 15) is 0 Å². The number of nitrogens with zero attached hydrogens (tertiary/aromatic N) is 1. The summed E-state index contributed by atoms with van der Waals surface area (Å²) >= 11 is 12.3. The fraction of sp³-hybridized carbons (Fsp3) is 0.235. The van der Waals surface area contributed by atoms with Crippen LogP contribution in [0.15, 0.2) is 53.6 Å². The number of hydrazone groups is 1. The third kappa shape index (κ3) is 4.23. The summed E-state index contributed by atoms with van der Waals surface area (Å²) in [5, 5.41) is 5.82. The summed E-state index contributed by atoms with van der Waals surface area (Å²) < 4.78 is 0. The van der Waals surface area contributed by atoms with E-state index in [1.807, 2.05) is 36.4 Å². The second-order valence-electron chi connectivity index (χ2n) is 5.05. The van der Waals surface area contributed by atoms with Gasteiger partial charge in [0.2, 0.25) is 0 Å². The Morgan fingerprint density at radius 2 is 1.62 bits per heavy atom. The van der Waals surface area contributed by atoms with Crippen LogP contribution < -0.4 is 5.43 Å². The zero-order chi connectivity index (χ0) is 15.2. The Balaban J connectivity index is 2.15. The van der Waals surface area contributed by atoms with Crippen LogP contribution in [0.1, 0.15) is 25.0 Å². The Kier molecular flexibility index (Phi) is 5.66. The monoisotopic (exact) mass is 320 g/mol. The van der Waals surface area contributed by atoms with Crippen LogP contribution in [0.4, 0.5) is 0 Å². The minimum absolute atomic E-state index is 0.321. The molecule has 0 heterocycles. The predicted octanol–water partition coefficient (Wildman–Crippen LogP) is 5.14. The number of nitrogens with one attached hydrogen (secondary N) is 1. The van der Waals surface area contributed by atoms with E-state index < -0.39 is 0 Å². The van der Waals surface area contributed by atoms with E-state index >= 15 is 0 Å². The first-order chi connectivity index (χ1) is 10.1. The maximum atomic E-state index is 6.15. The number of hydrogen-bond donors (Lipinski definition) is 1. The standard InChI is InChI=1S/C17H18Cl2N2/c1-12(2)17(13-7-4-3-5-8-13)21-20-11-14-15(18)9-6-10-16(14)19/h3-10,12,20H,11H2,1-2H3/b21-17+. The van der Waals surface area contributed by atoms with Gasteiger partial charge in [0.05, 0.1) is 12.3 Å². The van der Waals surface area contributed by atoms with Crippen LogP contribution in [-0.4, -0.2) is 5.71 Å². The largest absolute Gasteiger partial charge is 0.305 e. The average molecular weight is 321 g/mol. The highest BCUT2D eigenvalue weighted by molar-refractivity contribution is 6.35. The van der Waals surface area contributed by atoms with Crippen LogP contribution in [0.3, 0.4) is 0 Å².